The number of aromatic hydroxyl groups is 1. The van der Waals surface area contributed by atoms with E-state index in [-0.39, 0.29) is 11.6 Å². The number of hydrogen-bond acceptors (Lipinski definition) is 8. The number of benzene rings is 1. The van der Waals surface area contributed by atoms with E-state index >= 15 is 0 Å². The Balaban J connectivity index is 1.79. The number of amides is 1. The summed E-state index contributed by atoms with van der Waals surface area (Å²) in [5.74, 6) is -1.22. The Bertz CT molecular complexity index is 1010. The Morgan fingerprint density at radius 3 is 2.76 bits per heavy atom. The van der Waals surface area contributed by atoms with Crippen molar-refractivity contribution in [2.24, 2.45) is 5.92 Å². The molecule has 0 unspecified atom stereocenters. The molecule has 1 aromatic heterocycles. The summed E-state index contributed by atoms with van der Waals surface area (Å²) in [6.07, 6.45) is 2.48. The first-order valence-electron chi connectivity index (χ1n) is 8.85. The summed E-state index contributed by atoms with van der Waals surface area (Å²) in [7, 11) is -4.25. The highest BCUT2D eigenvalue weighted by molar-refractivity contribution is 7.92. The number of phenols is 1. The van der Waals surface area contributed by atoms with Crippen LogP contribution in [0.3, 0.4) is 0 Å². The van der Waals surface area contributed by atoms with Gasteiger partial charge in [0.25, 0.3) is 5.91 Å². The number of phenolic OH excluding ortho intramolecular Hbond substituents is 1. The molecule has 156 valence electrons. The number of carbonyl (C=O) groups is 1. The van der Waals surface area contributed by atoms with Crippen molar-refractivity contribution in [3.8, 4) is 5.75 Å². The Morgan fingerprint density at radius 2 is 2.14 bits per heavy atom. The minimum Gasteiger partial charge on any atom is -0.506 e. The van der Waals surface area contributed by atoms with E-state index in [1.54, 1.807) is 10.8 Å². The molecule has 0 spiro atoms. The van der Waals surface area contributed by atoms with Crippen LogP contribution in [0, 0.1) is 11.7 Å². The summed E-state index contributed by atoms with van der Waals surface area (Å²) in [6.45, 7) is 4.33. The van der Waals surface area contributed by atoms with Gasteiger partial charge in [-0.15, -0.1) is 0 Å². The molecule has 4 N–H and O–H groups in total. The molecule has 1 aliphatic rings. The number of aromatic nitrogens is 2. The molecule has 10 nitrogen and oxygen atoms in total. The van der Waals surface area contributed by atoms with E-state index in [9.17, 15) is 22.7 Å². The first-order chi connectivity index (χ1) is 13.7. The van der Waals surface area contributed by atoms with E-state index < -0.39 is 39.9 Å². The Labute approximate surface area is 167 Å². The normalized spacial score (nSPS) is 15.4. The van der Waals surface area contributed by atoms with Gasteiger partial charge in [-0.05, 0) is 24.5 Å². The number of carbonyl (C=O) groups excluding carboxylic acids is 1. The van der Waals surface area contributed by atoms with Crippen molar-refractivity contribution in [2.75, 3.05) is 28.0 Å². The highest BCUT2D eigenvalue weighted by Crippen LogP contribution is 2.36. The van der Waals surface area contributed by atoms with Gasteiger partial charge in [0.2, 0.25) is 5.95 Å². The van der Waals surface area contributed by atoms with Gasteiger partial charge in [0.05, 0.1) is 0 Å². The molecule has 2 heterocycles. The van der Waals surface area contributed by atoms with E-state index in [2.05, 4.69) is 34.4 Å². The summed E-state index contributed by atoms with van der Waals surface area (Å²) in [4.78, 5) is 19.6. The molecule has 2 aromatic rings. The lowest BCUT2D eigenvalue weighted by atomic mass is 10.1. The lowest BCUT2D eigenvalue weighted by Gasteiger charge is -2.18. The van der Waals surface area contributed by atoms with E-state index in [1.165, 1.54) is 6.20 Å². The fourth-order valence-electron chi connectivity index (χ4n) is 2.68. The van der Waals surface area contributed by atoms with Crippen molar-refractivity contribution < 1.29 is 22.7 Å². The number of nitrogens with zero attached hydrogens (tertiary/aromatic N) is 3. The molecule has 0 aliphatic carbocycles. The van der Waals surface area contributed by atoms with E-state index in [1.807, 2.05) is 0 Å². The summed E-state index contributed by atoms with van der Waals surface area (Å²) < 4.78 is 40.5. The third-order valence-electron chi connectivity index (χ3n) is 4.05. The lowest BCUT2D eigenvalue weighted by molar-refractivity contribution is -0.117. The average molecular weight is 424 g/mol. The Morgan fingerprint density at radius 1 is 1.38 bits per heavy atom. The van der Waals surface area contributed by atoms with E-state index in [0.717, 1.165) is 25.1 Å². The SMILES string of the molecule is CC(C)CCNc1ccnc(Nc2cc(O)c(N3CC(=O)NS3(=O)=O)c(F)c2)n1. The van der Waals surface area contributed by atoms with Crippen LogP contribution in [0.1, 0.15) is 20.3 Å². The number of rotatable bonds is 7. The fraction of sp³-hybridized carbons (Fsp3) is 0.353. The molecule has 0 atom stereocenters. The molecular formula is C17H21FN6O4S. The predicted molar refractivity (Wildman–Crippen MR) is 106 cm³/mol. The van der Waals surface area contributed by atoms with Crippen molar-refractivity contribution in [2.45, 2.75) is 20.3 Å². The zero-order valence-electron chi connectivity index (χ0n) is 15.8. The van der Waals surface area contributed by atoms with Gasteiger partial charge in [0, 0.05) is 24.5 Å². The smallest absolute Gasteiger partial charge is 0.326 e. The van der Waals surface area contributed by atoms with Crippen molar-refractivity contribution in [3.63, 3.8) is 0 Å². The maximum Gasteiger partial charge on any atom is 0.326 e. The number of anilines is 4. The molecule has 0 bridgehead atoms. The first kappa shape index (κ1) is 20.6. The molecular weight excluding hydrogens is 403 g/mol. The molecule has 1 amide bonds. The van der Waals surface area contributed by atoms with Crippen LogP contribution >= 0.6 is 0 Å². The predicted octanol–water partition coefficient (Wildman–Crippen LogP) is 1.70. The van der Waals surface area contributed by atoms with Gasteiger partial charge < -0.3 is 15.7 Å². The van der Waals surface area contributed by atoms with Gasteiger partial charge >= 0.3 is 10.2 Å². The van der Waals surface area contributed by atoms with Crippen LogP contribution in [-0.2, 0) is 15.0 Å². The second kappa shape index (κ2) is 8.07. The molecule has 0 radical (unpaired) electrons. The maximum atomic E-state index is 14.6. The molecule has 1 fully saturated rings. The highest BCUT2D eigenvalue weighted by Gasteiger charge is 2.37. The van der Waals surface area contributed by atoms with Crippen LogP contribution in [0.2, 0.25) is 0 Å². The van der Waals surface area contributed by atoms with Crippen molar-refractivity contribution in [3.05, 3.63) is 30.2 Å². The minimum atomic E-state index is -4.25. The topological polar surface area (TPSA) is 137 Å². The molecule has 29 heavy (non-hydrogen) atoms. The van der Waals surface area contributed by atoms with Crippen molar-refractivity contribution >= 4 is 39.3 Å². The Hall–Kier alpha value is -3.15. The monoisotopic (exact) mass is 424 g/mol. The molecule has 1 aliphatic heterocycles. The average Bonchev–Trinajstić information content (AvgIpc) is 2.86. The molecule has 1 saturated heterocycles. The maximum absolute atomic E-state index is 14.6. The highest BCUT2D eigenvalue weighted by atomic mass is 32.2. The largest absolute Gasteiger partial charge is 0.506 e. The second-order valence-electron chi connectivity index (χ2n) is 6.86. The Kier molecular flexibility index (Phi) is 5.73. The van der Waals surface area contributed by atoms with Crippen LogP contribution in [0.15, 0.2) is 24.4 Å². The van der Waals surface area contributed by atoms with E-state index in [0.29, 0.717) is 16.0 Å². The van der Waals surface area contributed by atoms with Crippen LogP contribution in [0.5, 0.6) is 5.75 Å². The zero-order chi connectivity index (χ0) is 21.2. The van der Waals surface area contributed by atoms with Gasteiger partial charge in [-0.3, -0.25) is 4.79 Å². The number of halogens is 1. The second-order valence-corrected chi connectivity index (χ2v) is 8.46. The number of nitrogens with one attached hydrogen (secondary N) is 3. The van der Waals surface area contributed by atoms with Crippen molar-refractivity contribution in [1.29, 1.82) is 0 Å². The summed E-state index contributed by atoms with van der Waals surface area (Å²) in [5.41, 5.74) is -0.502. The van der Waals surface area contributed by atoms with Crippen LogP contribution in [0.25, 0.3) is 0 Å². The lowest BCUT2D eigenvalue weighted by Crippen LogP contribution is -2.30. The summed E-state index contributed by atoms with van der Waals surface area (Å²) >= 11 is 0. The summed E-state index contributed by atoms with van der Waals surface area (Å²) in [6, 6.07) is 3.80. The molecule has 0 saturated carbocycles. The molecule has 3 rings (SSSR count). The molecule has 1 aromatic carbocycles. The van der Waals surface area contributed by atoms with E-state index in [4.69, 9.17) is 0 Å². The van der Waals surface area contributed by atoms with Crippen LogP contribution in [-0.4, -0.2) is 42.5 Å². The standard InChI is InChI=1S/C17H21FN6O4S/c1-10(2)3-5-19-14-4-6-20-17(22-14)21-11-7-12(18)16(13(25)8-11)24-9-15(26)23-29(24,27)28/h4,6-8,10,25H,3,5,9H2,1-2H3,(H,23,26)(H2,19,20,21,22). The minimum absolute atomic E-state index is 0.110. The quantitative estimate of drug-likeness (QED) is 0.527. The van der Waals surface area contributed by atoms with Gasteiger partial charge in [0.1, 0.15) is 23.8 Å². The van der Waals surface area contributed by atoms with Gasteiger partial charge in [0.15, 0.2) is 5.82 Å². The third-order valence-corrected chi connectivity index (χ3v) is 5.43. The first-order valence-corrected chi connectivity index (χ1v) is 10.3. The van der Waals surface area contributed by atoms with Gasteiger partial charge in [-0.1, -0.05) is 13.8 Å². The third kappa shape index (κ3) is 4.83. The fourth-order valence-corrected chi connectivity index (χ4v) is 3.86. The van der Waals surface area contributed by atoms with Crippen LogP contribution < -0.4 is 19.7 Å². The van der Waals surface area contributed by atoms with Gasteiger partial charge in [-0.2, -0.15) is 13.4 Å². The zero-order valence-corrected chi connectivity index (χ0v) is 16.6. The molecule has 12 heteroatoms. The van der Waals surface area contributed by atoms with Crippen molar-refractivity contribution in [1.82, 2.24) is 14.7 Å². The van der Waals surface area contributed by atoms with Gasteiger partial charge in [-0.25, -0.2) is 18.4 Å². The number of hydrogen-bond donors (Lipinski definition) is 4. The summed E-state index contributed by atoms with van der Waals surface area (Å²) in [5, 5.41) is 16.1. The van der Waals surface area contributed by atoms with Crippen LogP contribution in [0.4, 0.5) is 27.5 Å².